The number of carbonyl (C=O) groups excluding carboxylic acids is 2. The van der Waals surface area contributed by atoms with Crippen molar-refractivity contribution in [3.05, 3.63) is 46.2 Å². The molecule has 8 nitrogen and oxygen atoms in total. The van der Waals surface area contributed by atoms with Crippen LogP contribution in [-0.4, -0.2) is 51.3 Å². The van der Waals surface area contributed by atoms with Gasteiger partial charge < -0.3 is 15.0 Å². The van der Waals surface area contributed by atoms with Crippen molar-refractivity contribution in [2.75, 3.05) is 19.6 Å². The van der Waals surface area contributed by atoms with Gasteiger partial charge in [-0.15, -0.1) is 5.10 Å². The molecule has 3 heterocycles. The highest BCUT2D eigenvalue weighted by atomic mass is 35.5. The summed E-state index contributed by atoms with van der Waals surface area (Å²) in [4.78, 5) is 27.2. The van der Waals surface area contributed by atoms with Crippen LogP contribution < -0.4 is 5.32 Å². The highest BCUT2D eigenvalue weighted by Crippen LogP contribution is 2.29. The lowest BCUT2D eigenvalue weighted by Crippen LogP contribution is -2.43. The van der Waals surface area contributed by atoms with Crippen LogP contribution in [0.2, 0.25) is 5.02 Å². The molecule has 1 aromatic carbocycles. The Hall–Kier alpha value is -2.45. The first-order chi connectivity index (χ1) is 15.1. The van der Waals surface area contributed by atoms with E-state index in [0.717, 1.165) is 12.1 Å². The van der Waals surface area contributed by atoms with Gasteiger partial charge in [0.05, 0.1) is 18.8 Å². The van der Waals surface area contributed by atoms with Crippen LogP contribution >= 0.6 is 11.6 Å². The van der Waals surface area contributed by atoms with Gasteiger partial charge in [-0.3, -0.25) is 9.59 Å². The highest BCUT2D eigenvalue weighted by molar-refractivity contribution is 6.30. The van der Waals surface area contributed by atoms with Crippen molar-refractivity contribution in [3.8, 4) is 0 Å². The average Bonchev–Trinajstić information content (AvgIpc) is 3.54. The molecule has 1 saturated heterocycles. The summed E-state index contributed by atoms with van der Waals surface area (Å²) < 4.78 is 7.76. The zero-order valence-corrected chi connectivity index (χ0v) is 18.1. The lowest BCUT2D eigenvalue weighted by Gasteiger charge is -2.31. The SMILES string of the molecule is O=C(NCC1CC1)C1CCN(C(=O)c2nnn3c2CO[C@@H](c2ccc(Cl)cc2)C3)CC1. The number of fused-ring (bicyclic) bond motifs is 1. The minimum Gasteiger partial charge on any atom is -0.365 e. The topological polar surface area (TPSA) is 89.4 Å². The molecule has 0 unspecified atom stereocenters. The van der Waals surface area contributed by atoms with Crippen LogP contribution in [0, 0.1) is 11.8 Å². The number of amides is 2. The quantitative estimate of drug-likeness (QED) is 0.767. The number of likely N-dealkylation sites (tertiary alicyclic amines) is 1. The van der Waals surface area contributed by atoms with E-state index in [1.165, 1.54) is 12.8 Å². The fraction of sp³-hybridized carbons (Fsp3) is 0.545. The van der Waals surface area contributed by atoms with Crippen molar-refractivity contribution >= 4 is 23.4 Å². The molecule has 1 N–H and O–H groups in total. The molecule has 0 spiro atoms. The molecule has 0 bridgehead atoms. The Bertz CT molecular complexity index is 964. The van der Waals surface area contributed by atoms with Crippen LogP contribution in [-0.2, 0) is 22.7 Å². The molecular formula is C22H26ClN5O3. The van der Waals surface area contributed by atoms with E-state index in [1.54, 1.807) is 9.58 Å². The van der Waals surface area contributed by atoms with Crippen LogP contribution in [0.1, 0.15) is 53.5 Å². The van der Waals surface area contributed by atoms with Gasteiger partial charge in [0.25, 0.3) is 5.91 Å². The maximum Gasteiger partial charge on any atom is 0.276 e. The Morgan fingerprint density at radius 1 is 1.13 bits per heavy atom. The fourth-order valence-corrected chi connectivity index (χ4v) is 4.39. The Labute approximate surface area is 185 Å². The predicted octanol–water partition coefficient (Wildman–Crippen LogP) is 2.58. The fourth-order valence-electron chi connectivity index (χ4n) is 4.26. The predicted molar refractivity (Wildman–Crippen MR) is 113 cm³/mol. The molecule has 1 aliphatic carbocycles. The van der Waals surface area contributed by atoms with Crippen molar-refractivity contribution in [1.29, 1.82) is 0 Å². The monoisotopic (exact) mass is 443 g/mol. The van der Waals surface area contributed by atoms with Gasteiger partial charge >= 0.3 is 0 Å². The van der Waals surface area contributed by atoms with E-state index in [9.17, 15) is 9.59 Å². The zero-order valence-electron chi connectivity index (χ0n) is 17.3. The maximum absolute atomic E-state index is 13.1. The number of benzene rings is 1. The normalized spacial score (nSPS) is 21.6. The Morgan fingerprint density at radius 3 is 2.58 bits per heavy atom. The summed E-state index contributed by atoms with van der Waals surface area (Å²) in [7, 11) is 0. The first-order valence-electron chi connectivity index (χ1n) is 10.9. The van der Waals surface area contributed by atoms with Crippen LogP contribution in [0.4, 0.5) is 0 Å². The van der Waals surface area contributed by atoms with Gasteiger partial charge in [0.2, 0.25) is 5.91 Å². The molecule has 2 amide bonds. The van der Waals surface area contributed by atoms with E-state index in [0.29, 0.717) is 54.8 Å². The van der Waals surface area contributed by atoms with Gasteiger partial charge in [0.1, 0.15) is 6.10 Å². The Balaban J connectivity index is 1.19. The molecule has 164 valence electrons. The Kier molecular flexibility index (Phi) is 5.67. The molecule has 2 aliphatic heterocycles. The number of carbonyl (C=O) groups is 2. The molecule has 3 aliphatic rings. The number of halogens is 1. The number of hydrogen-bond acceptors (Lipinski definition) is 5. The number of ether oxygens (including phenoxy) is 1. The van der Waals surface area contributed by atoms with Gasteiger partial charge in [-0.2, -0.15) is 0 Å². The van der Waals surface area contributed by atoms with Gasteiger partial charge in [-0.25, -0.2) is 4.68 Å². The van der Waals surface area contributed by atoms with Gasteiger partial charge in [-0.05, 0) is 49.3 Å². The molecule has 31 heavy (non-hydrogen) atoms. The van der Waals surface area contributed by atoms with Crippen molar-refractivity contribution in [2.45, 2.75) is 44.9 Å². The summed E-state index contributed by atoms with van der Waals surface area (Å²) in [5, 5.41) is 12.1. The first-order valence-corrected chi connectivity index (χ1v) is 11.3. The van der Waals surface area contributed by atoms with Crippen LogP contribution in [0.15, 0.2) is 24.3 Å². The number of hydrogen-bond donors (Lipinski definition) is 1. The maximum atomic E-state index is 13.1. The van der Waals surface area contributed by atoms with Gasteiger partial charge in [0.15, 0.2) is 5.69 Å². The largest absolute Gasteiger partial charge is 0.365 e. The van der Waals surface area contributed by atoms with Gasteiger partial charge in [-0.1, -0.05) is 28.9 Å². The van der Waals surface area contributed by atoms with Crippen LogP contribution in [0.25, 0.3) is 0 Å². The molecule has 1 atom stereocenters. The van der Waals surface area contributed by atoms with E-state index in [2.05, 4.69) is 15.6 Å². The molecular weight excluding hydrogens is 418 g/mol. The van der Waals surface area contributed by atoms with Crippen LogP contribution in [0.3, 0.4) is 0 Å². The summed E-state index contributed by atoms with van der Waals surface area (Å²) >= 11 is 5.97. The van der Waals surface area contributed by atoms with E-state index in [-0.39, 0.29) is 30.4 Å². The standard InChI is InChI=1S/C22H26ClN5O3/c23-17-5-3-15(4-6-17)19-12-28-18(13-31-19)20(25-26-28)22(30)27-9-7-16(8-10-27)21(29)24-11-14-1-2-14/h3-6,14,16,19H,1-2,7-13H2,(H,24,29)/t19-/m1/s1. The number of nitrogens with zero attached hydrogens (tertiary/aromatic N) is 4. The molecule has 2 aromatic rings. The van der Waals surface area contributed by atoms with E-state index >= 15 is 0 Å². The second kappa shape index (κ2) is 8.59. The van der Waals surface area contributed by atoms with E-state index in [4.69, 9.17) is 16.3 Å². The summed E-state index contributed by atoms with van der Waals surface area (Å²) in [6.07, 6.45) is 3.65. The summed E-state index contributed by atoms with van der Waals surface area (Å²) in [5.74, 6) is 0.653. The number of piperidine rings is 1. The van der Waals surface area contributed by atoms with Crippen LogP contribution in [0.5, 0.6) is 0 Å². The van der Waals surface area contributed by atoms with Gasteiger partial charge in [0, 0.05) is 30.6 Å². The smallest absolute Gasteiger partial charge is 0.276 e. The van der Waals surface area contributed by atoms with Crippen molar-refractivity contribution < 1.29 is 14.3 Å². The lowest BCUT2D eigenvalue weighted by atomic mass is 9.95. The number of aromatic nitrogens is 3. The van der Waals surface area contributed by atoms with Crippen molar-refractivity contribution in [1.82, 2.24) is 25.2 Å². The van der Waals surface area contributed by atoms with E-state index < -0.39 is 0 Å². The number of rotatable bonds is 5. The molecule has 2 fully saturated rings. The molecule has 5 rings (SSSR count). The molecule has 1 aromatic heterocycles. The summed E-state index contributed by atoms with van der Waals surface area (Å²) in [5.41, 5.74) is 2.08. The first kappa shape index (κ1) is 20.5. The summed E-state index contributed by atoms with van der Waals surface area (Å²) in [6.45, 7) is 2.69. The third kappa shape index (κ3) is 4.45. The second-order valence-corrected chi connectivity index (χ2v) is 9.11. The highest BCUT2D eigenvalue weighted by Gasteiger charge is 2.33. The number of nitrogens with one attached hydrogen (secondary N) is 1. The van der Waals surface area contributed by atoms with E-state index in [1.807, 2.05) is 24.3 Å². The molecule has 9 heteroatoms. The summed E-state index contributed by atoms with van der Waals surface area (Å²) in [6, 6.07) is 7.54. The second-order valence-electron chi connectivity index (χ2n) is 8.67. The molecule has 0 radical (unpaired) electrons. The minimum absolute atomic E-state index is 0.0136. The van der Waals surface area contributed by atoms with Crippen molar-refractivity contribution in [2.24, 2.45) is 11.8 Å². The third-order valence-corrected chi connectivity index (χ3v) is 6.71. The lowest BCUT2D eigenvalue weighted by molar-refractivity contribution is -0.126. The third-order valence-electron chi connectivity index (χ3n) is 6.46. The van der Waals surface area contributed by atoms with Crippen molar-refractivity contribution in [3.63, 3.8) is 0 Å². The Morgan fingerprint density at radius 2 is 1.87 bits per heavy atom. The minimum atomic E-state index is -0.153. The average molecular weight is 444 g/mol. The zero-order chi connectivity index (χ0) is 21.4. The molecule has 1 saturated carbocycles.